The number of fused-ring (bicyclic) bond motifs is 1. The third-order valence-electron chi connectivity index (χ3n) is 3.75. The molecule has 0 saturated heterocycles. The summed E-state index contributed by atoms with van der Waals surface area (Å²) < 4.78 is 5.31. The van der Waals surface area contributed by atoms with Gasteiger partial charge in [0.2, 0.25) is 0 Å². The number of nitrogens with zero attached hydrogens (tertiary/aromatic N) is 2. The molecule has 1 aromatic heterocycles. The molecule has 0 amide bonds. The quantitative estimate of drug-likeness (QED) is 0.479. The fourth-order valence-electron chi connectivity index (χ4n) is 2.55. The SMILES string of the molecule is N#CCCCOC(=O)c1cc(-c2ccccc2Cl)nc2ccccc12. The Balaban J connectivity index is 2.03. The fourth-order valence-corrected chi connectivity index (χ4v) is 2.78. The van der Waals surface area contributed by atoms with E-state index in [4.69, 9.17) is 21.6 Å². The van der Waals surface area contributed by atoms with Crippen LogP contribution in [0.3, 0.4) is 0 Å². The van der Waals surface area contributed by atoms with Gasteiger partial charge in [-0.1, -0.05) is 48.0 Å². The average Bonchev–Trinajstić information content (AvgIpc) is 2.64. The number of hydrogen-bond acceptors (Lipinski definition) is 4. The molecular formula is C20H15ClN2O2. The lowest BCUT2D eigenvalue weighted by atomic mass is 10.0. The Morgan fingerprint density at radius 1 is 1.16 bits per heavy atom. The summed E-state index contributed by atoms with van der Waals surface area (Å²) in [5.41, 5.74) is 2.52. The van der Waals surface area contributed by atoms with Crippen LogP contribution in [0.15, 0.2) is 54.6 Å². The molecule has 0 saturated carbocycles. The monoisotopic (exact) mass is 350 g/mol. The molecule has 3 aromatic rings. The molecule has 0 N–H and O–H groups in total. The standard InChI is InChI=1S/C20H15ClN2O2/c21-17-9-3-1-8-15(17)19-13-16(20(24)25-12-6-5-11-22)14-7-2-4-10-18(14)23-19/h1-4,7-10,13H,5-6,12H2. The zero-order valence-corrected chi connectivity index (χ0v) is 14.2. The Bertz CT molecular complexity index is 963. The lowest BCUT2D eigenvalue weighted by Gasteiger charge is -2.10. The predicted octanol–water partition coefficient (Wildman–Crippen LogP) is 5.02. The second-order valence-electron chi connectivity index (χ2n) is 5.45. The van der Waals surface area contributed by atoms with Crippen LogP contribution in [0.5, 0.6) is 0 Å². The highest BCUT2D eigenvalue weighted by molar-refractivity contribution is 6.33. The van der Waals surface area contributed by atoms with Gasteiger partial charge in [-0.3, -0.25) is 0 Å². The smallest absolute Gasteiger partial charge is 0.338 e. The van der Waals surface area contributed by atoms with Crippen LogP contribution < -0.4 is 0 Å². The van der Waals surface area contributed by atoms with Crippen molar-refractivity contribution in [1.82, 2.24) is 4.98 Å². The maximum Gasteiger partial charge on any atom is 0.338 e. The number of rotatable bonds is 5. The summed E-state index contributed by atoms with van der Waals surface area (Å²) in [4.78, 5) is 17.1. The van der Waals surface area contributed by atoms with Crippen LogP contribution in [-0.4, -0.2) is 17.6 Å². The average molecular weight is 351 g/mol. The minimum absolute atomic E-state index is 0.213. The zero-order chi connectivity index (χ0) is 17.6. The van der Waals surface area contributed by atoms with Crippen molar-refractivity contribution in [3.05, 3.63) is 65.2 Å². The maximum absolute atomic E-state index is 12.5. The van der Waals surface area contributed by atoms with Crippen molar-refractivity contribution < 1.29 is 9.53 Å². The lowest BCUT2D eigenvalue weighted by molar-refractivity contribution is 0.0504. The van der Waals surface area contributed by atoms with Crippen LogP contribution in [0.2, 0.25) is 5.02 Å². The second kappa shape index (κ2) is 7.78. The van der Waals surface area contributed by atoms with Crippen LogP contribution in [-0.2, 0) is 4.74 Å². The number of unbranched alkanes of at least 4 members (excludes halogenated alkanes) is 1. The summed E-state index contributed by atoms with van der Waals surface area (Å²) in [7, 11) is 0. The topological polar surface area (TPSA) is 63.0 Å². The highest BCUT2D eigenvalue weighted by atomic mass is 35.5. The first kappa shape index (κ1) is 16.9. The van der Waals surface area contributed by atoms with Crippen molar-refractivity contribution >= 4 is 28.5 Å². The third kappa shape index (κ3) is 3.78. The number of esters is 1. The molecule has 0 spiro atoms. The van der Waals surface area contributed by atoms with Crippen molar-refractivity contribution in [2.75, 3.05) is 6.61 Å². The molecule has 4 nitrogen and oxygen atoms in total. The number of aromatic nitrogens is 1. The molecule has 0 unspecified atom stereocenters. The molecule has 5 heteroatoms. The van der Waals surface area contributed by atoms with E-state index in [-0.39, 0.29) is 6.61 Å². The molecule has 25 heavy (non-hydrogen) atoms. The largest absolute Gasteiger partial charge is 0.462 e. The number of pyridine rings is 1. The first-order valence-corrected chi connectivity index (χ1v) is 8.27. The van der Waals surface area contributed by atoms with Crippen molar-refractivity contribution in [1.29, 1.82) is 5.26 Å². The summed E-state index contributed by atoms with van der Waals surface area (Å²) in [6, 6.07) is 18.5. The Labute approximate surface area is 150 Å². The molecular weight excluding hydrogens is 336 g/mol. The van der Waals surface area contributed by atoms with Gasteiger partial charge in [0.05, 0.1) is 29.5 Å². The van der Waals surface area contributed by atoms with E-state index in [1.54, 1.807) is 12.1 Å². The highest BCUT2D eigenvalue weighted by Gasteiger charge is 2.16. The number of carbonyl (C=O) groups excluding carboxylic acids is 1. The van der Waals surface area contributed by atoms with Crippen molar-refractivity contribution in [2.24, 2.45) is 0 Å². The van der Waals surface area contributed by atoms with E-state index in [0.29, 0.717) is 34.6 Å². The Hall–Kier alpha value is -2.90. The van der Waals surface area contributed by atoms with Gasteiger partial charge in [0.25, 0.3) is 0 Å². The predicted molar refractivity (Wildman–Crippen MR) is 97.3 cm³/mol. The number of carbonyl (C=O) groups is 1. The van der Waals surface area contributed by atoms with E-state index in [1.807, 2.05) is 48.5 Å². The van der Waals surface area contributed by atoms with Gasteiger partial charge >= 0.3 is 5.97 Å². The van der Waals surface area contributed by atoms with E-state index < -0.39 is 5.97 Å². The number of benzene rings is 2. The molecule has 0 fully saturated rings. The first-order chi connectivity index (χ1) is 12.2. The molecule has 1 heterocycles. The lowest BCUT2D eigenvalue weighted by Crippen LogP contribution is -2.08. The second-order valence-corrected chi connectivity index (χ2v) is 5.86. The van der Waals surface area contributed by atoms with E-state index in [1.165, 1.54) is 0 Å². The van der Waals surface area contributed by atoms with Gasteiger partial charge in [0, 0.05) is 22.4 Å². The fraction of sp³-hybridized carbons (Fsp3) is 0.150. The summed E-state index contributed by atoms with van der Waals surface area (Å²) in [5.74, 6) is -0.426. The van der Waals surface area contributed by atoms with Gasteiger partial charge in [-0.05, 0) is 24.6 Å². The Morgan fingerprint density at radius 2 is 1.92 bits per heavy atom. The van der Waals surface area contributed by atoms with E-state index in [0.717, 1.165) is 10.9 Å². The van der Waals surface area contributed by atoms with Gasteiger partial charge < -0.3 is 4.74 Å². The third-order valence-corrected chi connectivity index (χ3v) is 4.08. The summed E-state index contributed by atoms with van der Waals surface area (Å²) in [5, 5.41) is 9.86. The van der Waals surface area contributed by atoms with E-state index in [9.17, 15) is 4.79 Å². The summed E-state index contributed by atoms with van der Waals surface area (Å²) in [6.07, 6.45) is 0.873. The molecule has 3 rings (SSSR count). The van der Waals surface area contributed by atoms with Crippen LogP contribution in [0, 0.1) is 11.3 Å². The number of para-hydroxylation sites is 1. The highest BCUT2D eigenvalue weighted by Crippen LogP contribution is 2.30. The zero-order valence-electron chi connectivity index (χ0n) is 13.4. The van der Waals surface area contributed by atoms with E-state index >= 15 is 0 Å². The van der Waals surface area contributed by atoms with Gasteiger partial charge in [0.1, 0.15) is 0 Å². The molecule has 0 aliphatic heterocycles. The van der Waals surface area contributed by atoms with Crippen LogP contribution in [0.25, 0.3) is 22.2 Å². The molecule has 2 aromatic carbocycles. The summed E-state index contributed by atoms with van der Waals surface area (Å²) >= 11 is 6.27. The molecule has 0 radical (unpaired) electrons. The number of hydrogen-bond donors (Lipinski definition) is 0. The number of nitriles is 1. The van der Waals surface area contributed by atoms with Gasteiger partial charge in [-0.15, -0.1) is 0 Å². The van der Waals surface area contributed by atoms with E-state index in [2.05, 4.69) is 4.98 Å². The maximum atomic E-state index is 12.5. The van der Waals surface area contributed by atoms with Crippen LogP contribution in [0.1, 0.15) is 23.2 Å². The number of halogens is 1. The first-order valence-electron chi connectivity index (χ1n) is 7.89. The van der Waals surface area contributed by atoms with Crippen molar-refractivity contribution in [3.8, 4) is 17.3 Å². The Morgan fingerprint density at radius 3 is 2.72 bits per heavy atom. The Kier molecular flexibility index (Phi) is 5.27. The number of ether oxygens (including phenoxy) is 1. The molecule has 0 aliphatic rings. The minimum Gasteiger partial charge on any atom is -0.462 e. The van der Waals surface area contributed by atoms with Crippen molar-refractivity contribution in [3.63, 3.8) is 0 Å². The molecule has 0 bridgehead atoms. The summed E-state index contributed by atoms with van der Waals surface area (Å²) in [6.45, 7) is 0.213. The van der Waals surface area contributed by atoms with Gasteiger partial charge in [-0.25, -0.2) is 9.78 Å². The van der Waals surface area contributed by atoms with Crippen molar-refractivity contribution in [2.45, 2.75) is 12.8 Å². The van der Waals surface area contributed by atoms with Gasteiger partial charge in [0.15, 0.2) is 0 Å². The minimum atomic E-state index is -0.426. The molecule has 0 aliphatic carbocycles. The normalized spacial score (nSPS) is 10.4. The molecule has 0 atom stereocenters. The van der Waals surface area contributed by atoms with Crippen LogP contribution >= 0.6 is 11.6 Å². The van der Waals surface area contributed by atoms with Gasteiger partial charge in [-0.2, -0.15) is 5.26 Å². The van der Waals surface area contributed by atoms with Crippen LogP contribution in [0.4, 0.5) is 0 Å². The molecule has 124 valence electrons.